The van der Waals surface area contributed by atoms with Crippen LogP contribution in [-0.4, -0.2) is 66.2 Å². The second kappa shape index (κ2) is 9.43. The normalized spacial score (nSPS) is 17.2. The molecule has 9 heteroatoms. The molecule has 0 saturated carbocycles. The highest BCUT2D eigenvalue weighted by atomic mass is 16.2. The Morgan fingerprint density at radius 2 is 1.88 bits per heavy atom. The van der Waals surface area contributed by atoms with Gasteiger partial charge in [0, 0.05) is 52.1 Å². The number of benzene rings is 1. The Bertz CT molecular complexity index is 1210. The van der Waals surface area contributed by atoms with E-state index in [0.717, 1.165) is 55.3 Å². The lowest BCUT2D eigenvalue weighted by molar-refractivity contribution is -0.133. The van der Waals surface area contributed by atoms with Crippen LogP contribution < -0.4 is 5.56 Å². The van der Waals surface area contributed by atoms with Gasteiger partial charge in [-0.15, -0.1) is 10.2 Å². The van der Waals surface area contributed by atoms with E-state index >= 15 is 0 Å². The third-order valence-corrected chi connectivity index (χ3v) is 6.90. The van der Waals surface area contributed by atoms with Crippen LogP contribution >= 0.6 is 0 Å². The Hall–Kier alpha value is -3.07. The van der Waals surface area contributed by atoms with E-state index in [-0.39, 0.29) is 11.5 Å². The molecule has 2 aliphatic heterocycles. The van der Waals surface area contributed by atoms with E-state index in [2.05, 4.69) is 24.6 Å². The van der Waals surface area contributed by atoms with Crippen LogP contribution in [-0.2, 0) is 30.8 Å². The number of para-hydroxylation sites is 1. The van der Waals surface area contributed by atoms with Crippen molar-refractivity contribution in [2.45, 2.75) is 58.7 Å². The average molecular weight is 450 g/mol. The monoisotopic (exact) mass is 449 g/mol. The van der Waals surface area contributed by atoms with Crippen molar-refractivity contribution >= 4 is 16.8 Å². The predicted molar refractivity (Wildman–Crippen MR) is 125 cm³/mol. The van der Waals surface area contributed by atoms with Gasteiger partial charge in [0.15, 0.2) is 0 Å². The van der Waals surface area contributed by atoms with Crippen molar-refractivity contribution in [3.63, 3.8) is 0 Å². The number of amides is 1. The average Bonchev–Trinajstić information content (AvgIpc) is 3.04. The van der Waals surface area contributed by atoms with Gasteiger partial charge < -0.3 is 9.47 Å². The SMILES string of the molecule is Cc1cccc2c(=O)n(CCC(=O)N3CCN(Cc4nnc5n4CCCCC5)CC3)cnc12. The van der Waals surface area contributed by atoms with Gasteiger partial charge >= 0.3 is 0 Å². The largest absolute Gasteiger partial charge is 0.340 e. The minimum Gasteiger partial charge on any atom is -0.340 e. The van der Waals surface area contributed by atoms with E-state index < -0.39 is 0 Å². The first-order chi connectivity index (χ1) is 16.1. The molecule has 0 radical (unpaired) electrons. The van der Waals surface area contributed by atoms with Crippen LogP contribution in [0.15, 0.2) is 29.3 Å². The maximum Gasteiger partial charge on any atom is 0.261 e. The van der Waals surface area contributed by atoms with Gasteiger partial charge in [-0.05, 0) is 31.4 Å². The molecule has 3 aromatic rings. The van der Waals surface area contributed by atoms with Crippen LogP contribution in [0.4, 0.5) is 0 Å². The molecule has 0 N–H and O–H groups in total. The highest BCUT2D eigenvalue weighted by Gasteiger charge is 2.23. The maximum absolute atomic E-state index is 12.8. The summed E-state index contributed by atoms with van der Waals surface area (Å²) in [5, 5.41) is 9.44. The zero-order valence-corrected chi connectivity index (χ0v) is 19.2. The highest BCUT2D eigenvalue weighted by Crippen LogP contribution is 2.16. The lowest BCUT2D eigenvalue weighted by Crippen LogP contribution is -2.48. The second-order valence-electron chi connectivity index (χ2n) is 9.12. The van der Waals surface area contributed by atoms with Gasteiger partial charge in [-0.2, -0.15) is 0 Å². The number of carbonyl (C=O) groups is 1. The van der Waals surface area contributed by atoms with Gasteiger partial charge in [-0.25, -0.2) is 4.98 Å². The fraction of sp³-hybridized carbons (Fsp3) is 0.542. The summed E-state index contributed by atoms with van der Waals surface area (Å²) in [7, 11) is 0. The number of aromatic nitrogens is 5. The summed E-state index contributed by atoms with van der Waals surface area (Å²) in [4.78, 5) is 34.3. The highest BCUT2D eigenvalue weighted by molar-refractivity contribution is 5.80. The molecule has 1 amide bonds. The van der Waals surface area contributed by atoms with Crippen LogP contribution in [0.5, 0.6) is 0 Å². The van der Waals surface area contributed by atoms with Crippen molar-refractivity contribution in [3.8, 4) is 0 Å². The van der Waals surface area contributed by atoms with Crippen molar-refractivity contribution < 1.29 is 4.79 Å². The summed E-state index contributed by atoms with van der Waals surface area (Å²) in [6, 6.07) is 5.61. The molecule has 1 fully saturated rings. The molecule has 0 bridgehead atoms. The lowest BCUT2D eigenvalue weighted by Gasteiger charge is -2.34. The molecule has 33 heavy (non-hydrogen) atoms. The minimum atomic E-state index is -0.0891. The van der Waals surface area contributed by atoms with Crippen LogP contribution in [0.3, 0.4) is 0 Å². The van der Waals surface area contributed by atoms with E-state index in [4.69, 9.17) is 0 Å². The molecule has 0 aliphatic carbocycles. The number of piperazine rings is 1. The predicted octanol–water partition coefficient (Wildman–Crippen LogP) is 1.76. The first kappa shape index (κ1) is 21.8. The van der Waals surface area contributed by atoms with E-state index in [0.29, 0.717) is 31.4 Å². The van der Waals surface area contributed by atoms with E-state index in [9.17, 15) is 9.59 Å². The summed E-state index contributed by atoms with van der Waals surface area (Å²) in [5.74, 6) is 2.25. The van der Waals surface area contributed by atoms with E-state index in [1.54, 1.807) is 17.0 Å². The molecule has 0 atom stereocenters. The molecular formula is C24H31N7O2. The zero-order valence-electron chi connectivity index (χ0n) is 19.2. The Labute approximate surface area is 193 Å². The standard InChI is InChI=1S/C24H31N7O2/c1-18-6-5-7-19-23(18)25-17-30(24(19)33)11-9-22(32)29-14-12-28(13-15-29)16-21-27-26-20-8-3-2-4-10-31(20)21/h5-7,17H,2-4,8-16H2,1H3. The van der Waals surface area contributed by atoms with Crippen molar-refractivity contribution in [1.82, 2.24) is 34.1 Å². The van der Waals surface area contributed by atoms with Gasteiger partial charge in [0.2, 0.25) is 5.91 Å². The summed E-state index contributed by atoms with van der Waals surface area (Å²) >= 11 is 0. The number of rotatable bonds is 5. The molecule has 174 valence electrons. The topological polar surface area (TPSA) is 89.2 Å². The van der Waals surface area contributed by atoms with Gasteiger partial charge in [0.25, 0.3) is 5.56 Å². The first-order valence-electron chi connectivity index (χ1n) is 12.0. The van der Waals surface area contributed by atoms with Crippen molar-refractivity contribution in [3.05, 3.63) is 52.1 Å². The first-order valence-corrected chi connectivity index (χ1v) is 12.0. The Kier molecular flexibility index (Phi) is 6.22. The lowest BCUT2D eigenvalue weighted by atomic mass is 10.1. The second-order valence-corrected chi connectivity index (χ2v) is 9.12. The Morgan fingerprint density at radius 3 is 2.73 bits per heavy atom. The molecule has 2 aromatic heterocycles. The molecule has 1 aromatic carbocycles. The van der Waals surface area contributed by atoms with Gasteiger partial charge in [0.05, 0.1) is 23.8 Å². The van der Waals surface area contributed by atoms with Crippen molar-refractivity contribution in [2.75, 3.05) is 26.2 Å². The smallest absolute Gasteiger partial charge is 0.261 e. The fourth-order valence-corrected chi connectivity index (χ4v) is 4.89. The zero-order chi connectivity index (χ0) is 22.8. The van der Waals surface area contributed by atoms with E-state index in [1.165, 1.54) is 19.3 Å². The van der Waals surface area contributed by atoms with Crippen LogP contribution in [0.25, 0.3) is 10.9 Å². The maximum atomic E-state index is 12.8. The molecule has 5 rings (SSSR count). The quantitative estimate of drug-likeness (QED) is 0.590. The number of nitrogens with zero attached hydrogens (tertiary/aromatic N) is 7. The molecule has 4 heterocycles. The molecule has 9 nitrogen and oxygen atoms in total. The molecule has 2 aliphatic rings. The molecule has 0 spiro atoms. The minimum absolute atomic E-state index is 0.0854. The Balaban J connectivity index is 1.15. The Morgan fingerprint density at radius 1 is 1.03 bits per heavy atom. The van der Waals surface area contributed by atoms with Gasteiger partial charge in [-0.1, -0.05) is 18.6 Å². The number of hydrogen-bond acceptors (Lipinski definition) is 6. The number of fused-ring (bicyclic) bond motifs is 2. The van der Waals surface area contributed by atoms with Crippen LogP contribution in [0, 0.1) is 6.92 Å². The van der Waals surface area contributed by atoms with Gasteiger partial charge in [-0.3, -0.25) is 19.1 Å². The molecular weight excluding hydrogens is 418 g/mol. The third kappa shape index (κ3) is 4.55. The van der Waals surface area contributed by atoms with Gasteiger partial charge in [0.1, 0.15) is 11.6 Å². The van der Waals surface area contributed by atoms with Crippen molar-refractivity contribution in [1.29, 1.82) is 0 Å². The van der Waals surface area contributed by atoms with Crippen LogP contribution in [0.2, 0.25) is 0 Å². The summed E-state index contributed by atoms with van der Waals surface area (Å²) in [6.45, 7) is 7.14. The summed E-state index contributed by atoms with van der Waals surface area (Å²) in [5.41, 5.74) is 1.62. The number of hydrogen-bond donors (Lipinski definition) is 0. The van der Waals surface area contributed by atoms with Crippen LogP contribution in [0.1, 0.15) is 42.9 Å². The van der Waals surface area contributed by atoms with E-state index in [1.807, 2.05) is 24.0 Å². The van der Waals surface area contributed by atoms with Crippen molar-refractivity contribution in [2.24, 2.45) is 0 Å². The summed E-state index contributed by atoms with van der Waals surface area (Å²) in [6.07, 6.45) is 6.52. The number of carbonyl (C=O) groups excluding carboxylic acids is 1. The molecule has 0 unspecified atom stereocenters. The number of aryl methyl sites for hydroxylation is 3. The fourth-order valence-electron chi connectivity index (χ4n) is 4.89. The summed E-state index contributed by atoms with van der Waals surface area (Å²) < 4.78 is 3.84. The third-order valence-electron chi connectivity index (χ3n) is 6.90. The molecule has 1 saturated heterocycles.